The van der Waals surface area contributed by atoms with Gasteiger partial charge in [-0.2, -0.15) is 0 Å². The van der Waals surface area contributed by atoms with Gasteiger partial charge in [0.15, 0.2) is 0 Å². The lowest BCUT2D eigenvalue weighted by molar-refractivity contribution is -0.121. The molecule has 0 unspecified atom stereocenters. The largest absolute Gasteiger partial charge is 0.495 e. The molecule has 102 valence electrons. The van der Waals surface area contributed by atoms with E-state index in [4.69, 9.17) is 4.74 Å². The lowest BCUT2D eigenvalue weighted by Crippen LogP contribution is -2.27. The van der Waals surface area contributed by atoms with Crippen molar-refractivity contribution >= 4 is 11.6 Å². The van der Waals surface area contributed by atoms with E-state index in [2.05, 4.69) is 5.32 Å². The number of carbonyl (C=O) groups excluding carboxylic acids is 1. The second-order valence-electron chi connectivity index (χ2n) is 5.97. The van der Waals surface area contributed by atoms with Crippen LogP contribution < -0.4 is 10.1 Å². The van der Waals surface area contributed by atoms with Crippen molar-refractivity contribution in [2.45, 2.75) is 32.6 Å². The standard InChI is InChI=1S/C16H21NO2/c1-10-3-6-15(19-2)14(7-10)17-16(18)13-9-11-4-5-12(13)8-11/h3,6-7,11-13H,4-5,8-9H2,1-2H3,(H,17,18)/t11-,12-,13+/m0/s1. The van der Waals surface area contributed by atoms with Crippen LogP contribution in [0, 0.1) is 24.7 Å². The van der Waals surface area contributed by atoms with Crippen molar-refractivity contribution in [2.24, 2.45) is 17.8 Å². The van der Waals surface area contributed by atoms with E-state index in [0.717, 1.165) is 29.3 Å². The highest BCUT2D eigenvalue weighted by Crippen LogP contribution is 2.48. The van der Waals surface area contributed by atoms with Crippen molar-refractivity contribution in [3.63, 3.8) is 0 Å². The summed E-state index contributed by atoms with van der Waals surface area (Å²) in [4.78, 5) is 12.4. The van der Waals surface area contributed by atoms with Crippen LogP contribution in [0.2, 0.25) is 0 Å². The Kier molecular flexibility index (Phi) is 3.21. The summed E-state index contributed by atoms with van der Waals surface area (Å²) in [6.45, 7) is 2.02. The Hall–Kier alpha value is -1.51. The molecule has 0 heterocycles. The van der Waals surface area contributed by atoms with Crippen molar-refractivity contribution in [1.29, 1.82) is 0 Å². The molecule has 1 N–H and O–H groups in total. The van der Waals surface area contributed by atoms with Gasteiger partial charge in [-0.15, -0.1) is 0 Å². The van der Waals surface area contributed by atoms with Gasteiger partial charge in [0.25, 0.3) is 0 Å². The first-order valence-corrected chi connectivity index (χ1v) is 7.13. The minimum Gasteiger partial charge on any atom is -0.495 e. The molecule has 3 atom stereocenters. The van der Waals surface area contributed by atoms with Gasteiger partial charge >= 0.3 is 0 Å². The highest BCUT2D eigenvalue weighted by molar-refractivity contribution is 5.94. The number of benzene rings is 1. The molecule has 3 heteroatoms. The minimum absolute atomic E-state index is 0.177. The Balaban J connectivity index is 1.74. The summed E-state index contributed by atoms with van der Waals surface area (Å²) in [5.41, 5.74) is 1.93. The fourth-order valence-electron chi connectivity index (χ4n) is 3.71. The van der Waals surface area contributed by atoms with E-state index in [1.165, 1.54) is 19.3 Å². The molecular formula is C16H21NO2. The van der Waals surface area contributed by atoms with Gasteiger partial charge < -0.3 is 10.1 Å². The summed E-state index contributed by atoms with van der Waals surface area (Å²) in [6.07, 6.45) is 4.88. The number of carbonyl (C=O) groups is 1. The second kappa shape index (κ2) is 4.87. The van der Waals surface area contributed by atoms with E-state index in [1.807, 2.05) is 25.1 Å². The van der Waals surface area contributed by atoms with Crippen LogP contribution in [0.1, 0.15) is 31.2 Å². The molecule has 0 aliphatic heterocycles. The lowest BCUT2D eigenvalue weighted by atomic mass is 9.88. The Bertz CT molecular complexity index is 498. The van der Waals surface area contributed by atoms with Gasteiger partial charge in [-0.05, 0) is 55.7 Å². The minimum atomic E-state index is 0.177. The van der Waals surface area contributed by atoms with Crippen molar-refractivity contribution < 1.29 is 9.53 Å². The van der Waals surface area contributed by atoms with Crippen LogP contribution in [0.5, 0.6) is 5.75 Å². The summed E-state index contributed by atoms with van der Waals surface area (Å²) in [5, 5.41) is 3.07. The number of anilines is 1. The number of rotatable bonds is 3. The molecule has 2 aliphatic carbocycles. The molecule has 0 radical (unpaired) electrons. The molecule has 3 rings (SSSR count). The molecule has 19 heavy (non-hydrogen) atoms. The zero-order valence-corrected chi connectivity index (χ0v) is 11.6. The highest BCUT2D eigenvalue weighted by atomic mass is 16.5. The van der Waals surface area contributed by atoms with Crippen LogP contribution in [-0.2, 0) is 4.79 Å². The SMILES string of the molecule is COc1ccc(C)cc1NC(=O)[C@@H]1C[C@H]2CC[C@H]1C2. The molecule has 0 aromatic heterocycles. The third kappa shape index (κ3) is 2.34. The van der Waals surface area contributed by atoms with Gasteiger partial charge in [-0.1, -0.05) is 12.5 Å². The number of methoxy groups -OCH3 is 1. The predicted octanol–water partition coefficient (Wildman–Crippen LogP) is 3.38. The van der Waals surface area contributed by atoms with E-state index in [1.54, 1.807) is 7.11 Å². The van der Waals surface area contributed by atoms with Crippen molar-refractivity contribution in [3.05, 3.63) is 23.8 Å². The molecule has 0 spiro atoms. The predicted molar refractivity (Wildman–Crippen MR) is 75.3 cm³/mol. The number of fused-ring (bicyclic) bond motifs is 2. The van der Waals surface area contributed by atoms with E-state index >= 15 is 0 Å². The molecule has 2 fully saturated rings. The van der Waals surface area contributed by atoms with Crippen LogP contribution in [0.15, 0.2) is 18.2 Å². The van der Waals surface area contributed by atoms with E-state index in [-0.39, 0.29) is 11.8 Å². The zero-order valence-electron chi connectivity index (χ0n) is 11.6. The highest BCUT2D eigenvalue weighted by Gasteiger charge is 2.43. The molecule has 1 amide bonds. The van der Waals surface area contributed by atoms with Gasteiger partial charge in [0.2, 0.25) is 5.91 Å². The summed E-state index contributed by atoms with van der Waals surface area (Å²) in [5.74, 6) is 2.53. The topological polar surface area (TPSA) is 38.3 Å². The number of amides is 1. The van der Waals surface area contributed by atoms with Crippen molar-refractivity contribution in [2.75, 3.05) is 12.4 Å². The average molecular weight is 259 g/mol. The molecule has 1 aromatic rings. The first kappa shape index (κ1) is 12.5. The molecular weight excluding hydrogens is 238 g/mol. The number of aryl methyl sites for hydroxylation is 1. The van der Waals surface area contributed by atoms with Crippen LogP contribution in [0.4, 0.5) is 5.69 Å². The number of ether oxygens (including phenoxy) is 1. The van der Waals surface area contributed by atoms with Crippen LogP contribution in [0.3, 0.4) is 0 Å². The van der Waals surface area contributed by atoms with Gasteiger partial charge in [0, 0.05) is 5.92 Å². The monoisotopic (exact) mass is 259 g/mol. The first-order valence-electron chi connectivity index (χ1n) is 7.13. The van der Waals surface area contributed by atoms with Gasteiger partial charge in [0.1, 0.15) is 5.75 Å². The van der Waals surface area contributed by atoms with E-state index in [9.17, 15) is 4.79 Å². The van der Waals surface area contributed by atoms with Crippen molar-refractivity contribution in [1.82, 2.24) is 0 Å². The summed E-state index contributed by atoms with van der Waals surface area (Å²) in [7, 11) is 1.64. The van der Waals surface area contributed by atoms with E-state index in [0.29, 0.717) is 5.92 Å². The molecule has 2 bridgehead atoms. The molecule has 2 aliphatic rings. The Labute approximate surface area is 114 Å². The fourth-order valence-corrected chi connectivity index (χ4v) is 3.71. The maximum Gasteiger partial charge on any atom is 0.227 e. The number of hydrogen-bond acceptors (Lipinski definition) is 2. The van der Waals surface area contributed by atoms with Crippen LogP contribution in [-0.4, -0.2) is 13.0 Å². The van der Waals surface area contributed by atoms with Crippen LogP contribution >= 0.6 is 0 Å². The smallest absolute Gasteiger partial charge is 0.227 e. The van der Waals surface area contributed by atoms with Gasteiger partial charge in [0.05, 0.1) is 12.8 Å². The lowest BCUT2D eigenvalue weighted by Gasteiger charge is -2.21. The molecule has 2 saturated carbocycles. The third-order valence-electron chi connectivity index (χ3n) is 4.69. The maximum absolute atomic E-state index is 12.4. The molecule has 0 saturated heterocycles. The second-order valence-corrected chi connectivity index (χ2v) is 5.97. The Morgan fingerprint density at radius 2 is 2.16 bits per heavy atom. The fraction of sp³-hybridized carbons (Fsp3) is 0.562. The quantitative estimate of drug-likeness (QED) is 0.903. The number of nitrogens with one attached hydrogen (secondary N) is 1. The third-order valence-corrected chi connectivity index (χ3v) is 4.69. The van der Waals surface area contributed by atoms with Gasteiger partial charge in [-0.25, -0.2) is 0 Å². The average Bonchev–Trinajstić information content (AvgIpc) is 3.01. The maximum atomic E-state index is 12.4. The number of hydrogen-bond donors (Lipinski definition) is 1. The van der Waals surface area contributed by atoms with Crippen LogP contribution in [0.25, 0.3) is 0 Å². The first-order chi connectivity index (χ1) is 9.17. The molecule has 1 aromatic carbocycles. The normalized spacial score (nSPS) is 28.4. The zero-order chi connectivity index (χ0) is 13.4. The Morgan fingerprint density at radius 3 is 2.79 bits per heavy atom. The Morgan fingerprint density at radius 1 is 1.32 bits per heavy atom. The molecule has 3 nitrogen and oxygen atoms in total. The summed E-state index contributed by atoms with van der Waals surface area (Å²) in [6, 6.07) is 5.88. The summed E-state index contributed by atoms with van der Waals surface area (Å²) < 4.78 is 5.31. The van der Waals surface area contributed by atoms with Crippen molar-refractivity contribution in [3.8, 4) is 5.75 Å². The van der Waals surface area contributed by atoms with E-state index < -0.39 is 0 Å². The summed E-state index contributed by atoms with van der Waals surface area (Å²) >= 11 is 0. The van der Waals surface area contributed by atoms with Gasteiger partial charge in [-0.3, -0.25) is 4.79 Å².